The van der Waals surface area contributed by atoms with Gasteiger partial charge < -0.3 is 18.8 Å². The molecule has 2 aromatic carbocycles. The van der Waals surface area contributed by atoms with Gasteiger partial charge in [0.05, 0.1) is 25.3 Å². The summed E-state index contributed by atoms with van der Waals surface area (Å²) in [5.74, 6) is 0.730. The van der Waals surface area contributed by atoms with Gasteiger partial charge in [0.25, 0.3) is 5.56 Å². The zero-order valence-corrected chi connectivity index (χ0v) is 14.7. The summed E-state index contributed by atoms with van der Waals surface area (Å²) in [5, 5.41) is 1.02. The molecule has 134 valence electrons. The highest BCUT2D eigenvalue weighted by Crippen LogP contribution is 2.24. The van der Waals surface area contributed by atoms with Crippen LogP contribution in [-0.2, 0) is 22.6 Å². The number of pyridine rings is 1. The minimum absolute atomic E-state index is 0.0608. The van der Waals surface area contributed by atoms with Crippen LogP contribution in [0.3, 0.4) is 0 Å². The SMILES string of the molecule is Cc1cc(=O)n(CC2OCCO2)c2cc(OCc3ccccc3)ccc12. The molecule has 0 aliphatic carbocycles. The van der Waals surface area contributed by atoms with Crippen molar-refractivity contribution in [2.45, 2.75) is 26.4 Å². The monoisotopic (exact) mass is 351 g/mol. The number of fused-ring (bicyclic) bond motifs is 1. The van der Waals surface area contributed by atoms with Gasteiger partial charge in [-0.3, -0.25) is 4.79 Å². The first-order valence-corrected chi connectivity index (χ1v) is 8.75. The molecule has 0 saturated carbocycles. The van der Waals surface area contributed by atoms with Crippen LogP contribution in [-0.4, -0.2) is 24.1 Å². The number of benzene rings is 2. The maximum atomic E-state index is 12.5. The van der Waals surface area contributed by atoms with Crippen molar-refractivity contribution in [2.75, 3.05) is 13.2 Å². The topological polar surface area (TPSA) is 49.7 Å². The fourth-order valence-electron chi connectivity index (χ4n) is 3.21. The number of ether oxygens (including phenoxy) is 3. The molecule has 1 fully saturated rings. The van der Waals surface area contributed by atoms with Crippen LogP contribution in [0.1, 0.15) is 11.1 Å². The molecule has 0 radical (unpaired) electrons. The molecule has 26 heavy (non-hydrogen) atoms. The van der Waals surface area contributed by atoms with Crippen molar-refractivity contribution < 1.29 is 14.2 Å². The molecule has 0 bridgehead atoms. The van der Waals surface area contributed by atoms with Gasteiger partial charge in [-0.25, -0.2) is 0 Å². The standard InChI is InChI=1S/C21H21NO4/c1-15-11-20(23)22(13-21-24-9-10-25-21)19-12-17(7-8-18(15)19)26-14-16-5-3-2-4-6-16/h2-8,11-12,21H,9-10,13-14H2,1H3. The van der Waals surface area contributed by atoms with Crippen LogP contribution in [0.5, 0.6) is 5.75 Å². The van der Waals surface area contributed by atoms with Crippen LogP contribution in [0.2, 0.25) is 0 Å². The molecule has 1 aliphatic heterocycles. The second kappa shape index (κ2) is 7.32. The predicted molar refractivity (Wildman–Crippen MR) is 99.4 cm³/mol. The largest absolute Gasteiger partial charge is 0.489 e. The third-order valence-electron chi connectivity index (χ3n) is 4.56. The maximum absolute atomic E-state index is 12.5. The Morgan fingerprint density at radius 2 is 1.85 bits per heavy atom. The van der Waals surface area contributed by atoms with Gasteiger partial charge in [0.2, 0.25) is 0 Å². The lowest BCUT2D eigenvalue weighted by atomic mass is 10.1. The van der Waals surface area contributed by atoms with E-state index in [0.717, 1.165) is 27.8 Å². The predicted octanol–water partition coefficient (Wildman–Crippen LogP) is 3.26. The Morgan fingerprint density at radius 1 is 1.08 bits per heavy atom. The number of rotatable bonds is 5. The van der Waals surface area contributed by atoms with Gasteiger partial charge in [-0.05, 0) is 30.2 Å². The minimum Gasteiger partial charge on any atom is -0.489 e. The fourth-order valence-corrected chi connectivity index (χ4v) is 3.21. The Kier molecular flexibility index (Phi) is 4.73. The number of nitrogens with zero attached hydrogens (tertiary/aromatic N) is 1. The number of aryl methyl sites for hydroxylation is 1. The average Bonchev–Trinajstić information content (AvgIpc) is 3.17. The first-order chi connectivity index (χ1) is 12.7. The summed E-state index contributed by atoms with van der Waals surface area (Å²) in [6.45, 7) is 3.93. The van der Waals surface area contributed by atoms with Crippen LogP contribution in [0, 0.1) is 6.92 Å². The molecule has 0 spiro atoms. The Hall–Kier alpha value is -2.63. The van der Waals surface area contributed by atoms with E-state index in [9.17, 15) is 4.79 Å². The van der Waals surface area contributed by atoms with Gasteiger partial charge in [-0.2, -0.15) is 0 Å². The smallest absolute Gasteiger partial charge is 0.251 e. The van der Waals surface area contributed by atoms with Crippen LogP contribution in [0.25, 0.3) is 10.9 Å². The highest BCUT2D eigenvalue weighted by molar-refractivity contribution is 5.83. The van der Waals surface area contributed by atoms with E-state index in [2.05, 4.69) is 0 Å². The van der Waals surface area contributed by atoms with E-state index in [-0.39, 0.29) is 11.8 Å². The van der Waals surface area contributed by atoms with E-state index < -0.39 is 0 Å². The van der Waals surface area contributed by atoms with E-state index in [1.165, 1.54) is 0 Å². The van der Waals surface area contributed by atoms with E-state index in [4.69, 9.17) is 14.2 Å². The summed E-state index contributed by atoms with van der Waals surface area (Å²) in [6.07, 6.45) is -0.382. The molecule has 5 heteroatoms. The maximum Gasteiger partial charge on any atom is 0.251 e. The van der Waals surface area contributed by atoms with E-state index in [1.54, 1.807) is 10.6 Å². The lowest BCUT2D eigenvalue weighted by Crippen LogP contribution is -2.27. The molecule has 0 N–H and O–H groups in total. The molecule has 5 nitrogen and oxygen atoms in total. The van der Waals surface area contributed by atoms with Gasteiger partial charge >= 0.3 is 0 Å². The summed E-state index contributed by atoms with van der Waals surface area (Å²) in [4.78, 5) is 12.5. The lowest BCUT2D eigenvalue weighted by Gasteiger charge is -2.16. The van der Waals surface area contributed by atoms with Gasteiger partial charge in [-0.15, -0.1) is 0 Å². The van der Waals surface area contributed by atoms with Gasteiger partial charge in [0, 0.05) is 17.5 Å². The van der Waals surface area contributed by atoms with Crippen molar-refractivity contribution in [3.05, 3.63) is 76.1 Å². The van der Waals surface area contributed by atoms with E-state index in [1.807, 2.05) is 55.5 Å². The lowest BCUT2D eigenvalue weighted by molar-refractivity contribution is -0.0522. The molecule has 1 aliphatic rings. The number of hydrogen-bond acceptors (Lipinski definition) is 4. The first-order valence-electron chi connectivity index (χ1n) is 8.75. The van der Waals surface area contributed by atoms with Gasteiger partial charge in [0.15, 0.2) is 6.29 Å². The molecule has 1 aromatic heterocycles. The molecule has 4 rings (SSSR count). The molecule has 1 saturated heterocycles. The highest BCUT2D eigenvalue weighted by atomic mass is 16.7. The fraction of sp³-hybridized carbons (Fsp3) is 0.286. The van der Waals surface area contributed by atoms with Crippen LogP contribution in [0.4, 0.5) is 0 Å². The first kappa shape index (κ1) is 16.8. The van der Waals surface area contributed by atoms with Gasteiger partial charge in [0.1, 0.15) is 12.4 Å². The van der Waals surface area contributed by atoms with Crippen molar-refractivity contribution in [1.29, 1.82) is 0 Å². The summed E-state index contributed by atoms with van der Waals surface area (Å²) < 4.78 is 18.7. The zero-order chi connectivity index (χ0) is 17.9. The Bertz CT molecular complexity index is 959. The normalized spacial score (nSPS) is 14.8. The van der Waals surface area contributed by atoms with Crippen molar-refractivity contribution in [2.24, 2.45) is 0 Å². The van der Waals surface area contributed by atoms with E-state index in [0.29, 0.717) is 26.4 Å². The molecule has 2 heterocycles. The minimum atomic E-state index is -0.382. The summed E-state index contributed by atoms with van der Waals surface area (Å²) in [5.41, 5.74) is 2.82. The average molecular weight is 351 g/mol. The second-order valence-electron chi connectivity index (χ2n) is 6.40. The highest BCUT2D eigenvalue weighted by Gasteiger charge is 2.19. The molecular formula is C21H21NO4. The Morgan fingerprint density at radius 3 is 2.62 bits per heavy atom. The molecule has 3 aromatic rings. The zero-order valence-electron chi connectivity index (χ0n) is 14.7. The summed E-state index contributed by atoms with van der Waals surface area (Å²) in [6, 6.07) is 17.5. The number of aromatic nitrogens is 1. The third kappa shape index (κ3) is 3.49. The van der Waals surface area contributed by atoms with E-state index >= 15 is 0 Å². The van der Waals surface area contributed by atoms with Crippen LogP contribution < -0.4 is 10.3 Å². The van der Waals surface area contributed by atoms with Crippen molar-refractivity contribution in [3.8, 4) is 5.75 Å². The summed E-state index contributed by atoms with van der Waals surface area (Å²) in [7, 11) is 0. The van der Waals surface area contributed by atoms with Crippen molar-refractivity contribution in [1.82, 2.24) is 4.57 Å². The molecular weight excluding hydrogens is 330 g/mol. The molecule has 0 unspecified atom stereocenters. The number of hydrogen-bond donors (Lipinski definition) is 0. The van der Waals surface area contributed by atoms with Gasteiger partial charge in [-0.1, -0.05) is 30.3 Å². The van der Waals surface area contributed by atoms with Crippen molar-refractivity contribution in [3.63, 3.8) is 0 Å². The molecule has 0 amide bonds. The summed E-state index contributed by atoms with van der Waals surface area (Å²) >= 11 is 0. The van der Waals surface area contributed by atoms with Crippen LogP contribution >= 0.6 is 0 Å². The third-order valence-corrected chi connectivity index (χ3v) is 4.56. The van der Waals surface area contributed by atoms with Crippen molar-refractivity contribution >= 4 is 10.9 Å². The molecule has 0 atom stereocenters. The second-order valence-corrected chi connectivity index (χ2v) is 6.40. The Labute approximate surface area is 151 Å². The Balaban J connectivity index is 1.67. The quantitative estimate of drug-likeness (QED) is 0.708. The van der Waals surface area contributed by atoms with Crippen LogP contribution in [0.15, 0.2) is 59.4 Å².